The first-order valence-corrected chi connectivity index (χ1v) is 9.72. The van der Waals surface area contributed by atoms with Gasteiger partial charge in [0.05, 0.1) is 6.10 Å². The van der Waals surface area contributed by atoms with E-state index in [9.17, 15) is 0 Å². The van der Waals surface area contributed by atoms with Gasteiger partial charge in [-0.2, -0.15) is 0 Å². The molecule has 0 bridgehead atoms. The average Bonchev–Trinajstić information content (AvgIpc) is 3.15. The Bertz CT molecular complexity index is 477. The van der Waals surface area contributed by atoms with E-state index in [4.69, 9.17) is 9.47 Å². The molecular weight excluding hydrogens is 449 g/mol. The van der Waals surface area contributed by atoms with Gasteiger partial charge in [-0.15, -0.1) is 35.3 Å². The van der Waals surface area contributed by atoms with Crippen LogP contribution in [0.2, 0.25) is 0 Å². The number of methoxy groups -OCH3 is 1. The van der Waals surface area contributed by atoms with Crippen LogP contribution in [0.3, 0.4) is 0 Å². The zero-order valence-corrected chi connectivity index (χ0v) is 18.7. The van der Waals surface area contributed by atoms with Gasteiger partial charge in [0.2, 0.25) is 0 Å². The zero-order chi connectivity index (χ0) is 17.2. The third kappa shape index (κ3) is 7.80. The van der Waals surface area contributed by atoms with E-state index >= 15 is 0 Å². The lowest BCUT2D eigenvalue weighted by atomic mass is 10.1. The summed E-state index contributed by atoms with van der Waals surface area (Å²) in [5.41, 5.74) is 0. The van der Waals surface area contributed by atoms with Gasteiger partial charge in [0.25, 0.3) is 0 Å². The number of hydrogen-bond acceptors (Lipinski definition) is 4. The van der Waals surface area contributed by atoms with Crippen LogP contribution in [0.5, 0.6) is 0 Å². The first kappa shape index (κ1) is 22.7. The highest BCUT2D eigenvalue weighted by Gasteiger charge is 2.22. The number of hydrogen-bond donors (Lipinski definition) is 1. The first-order chi connectivity index (χ1) is 11.7. The van der Waals surface area contributed by atoms with E-state index < -0.39 is 0 Å². The Morgan fingerprint density at radius 3 is 2.76 bits per heavy atom. The Morgan fingerprint density at radius 2 is 2.16 bits per heavy atom. The molecule has 1 fully saturated rings. The standard InChI is InChI=1S/C18H31N3O2S.HI/c1-15(17-6-4-13-24-17)14-20-18(19-2)21-9-7-16(8-10-21)23-12-5-11-22-3;/h4,6,13,15-16H,5,7-12,14H2,1-3H3,(H,19,20);1H. The molecule has 1 aromatic rings. The number of rotatable bonds is 8. The topological polar surface area (TPSA) is 46.1 Å². The predicted molar refractivity (Wildman–Crippen MR) is 117 cm³/mol. The van der Waals surface area contributed by atoms with Crippen LogP contribution in [-0.4, -0.2) is 64.0 Å². The Kier molecular flexibility index (Phi) is 11.7. The van der Waals surface area contributed by atoms with E-state index in [1.54, 1.807) is 7.11 Å². The molecule has 0 spiro atoms. The Hall–Kier alpha value is -0.380. The molecule has 25 heavy (non-hydrogen) atoms. The fourth-order valence-electron chi connectivity index (χ4n) is 2.94. The molecule has 1 aromatic heterocycles. The van der Waals surface area contributed by atoms with Crippen molar-refractivity contribution < 1.29 is 9.47 Å². The lowest BCUT2D eigenvalue weighted by Crippen LogP contribution is -2.47. The smallest absolute Gasteiger partial charge is 0.193 e. The number of nitrogens with zero attached hydrogens (tertiary/aromatic N) is 2. The van der Waals surface area contributed by atoms with Crippen molar-refractivity contribution in [3.8, 4) is 0 Å². The van der Waals surface area contributed by atoms with Gasteiger partial charge in [0.1, 0.15) is 0 Å². The molecule has 0 amide bonds. The van der Waals surface area contributed by atoms with Gasteiger partial charge < -0.3 is 19.7 Å². The van der Waals surface area contributed by atoms with E-state index in [1.807, 2.05) is 18.4 Å². The second-order valence-electron chi connectivity index (χ2n) is 6.25. The molecule has 2 heterocycles. The first-order valence-electron chi connectivity index (χ1n) is 8.84. The van der Waals surface area contributed by atoms with Gasteiger partial charge in [-0.1, -0.05) is 13.0 Å². The molecule has 0 aromatic carbocycles. The number of likely N-dealkylation sites (tertiary alicyclic amines) is 1. The predicted octanol–water partition coefficient (Wildman–Crippen LogP) is 3.56. The van der Waals surface area contributed by atoms with Gasteiger partial charge in [0, 0.05) is 57.8 Å². The van der Waals surface area contributed by atoms with Crippen LogP contribution in [0.4, 0.5) is 0 Å². The average molecular weight is 481 g/mol. The lowest BCUT2D eigenvalue weighted by Gasteiger charge is -2.34. The van der Waals surface area contributed by atoms with Gasteiger partial charge in [0.15, 0.2) is 5.96 Å². The SMILES string of the molecule is CN=C(NCC(C)c1cccs1)N1CCC(OCCCOC)CC1.I. The van der Waals surface area contributed by atoms with E-state index in [-0.39, 0.29) is 24.0 Å². The van der Waals surface area contributed by atoms with Crippen molar-refractivity contribution in [3.05, 3.63) is 22.4 Å². The molecule has 0 aliphatic carbocycles. The van der Waals surface area contributed by atoms with Crippen LogP contribution >= 0.6 is 35.3 Å². The van der Waals surface area contributed by atoms with Gasteiger partial charge >= 0.3 is 0 Å². The molecule has 1 atom stereocenters. The summed E-state index contributed by atoms with van der Waals surface area (Å²) in [7, 11) is 3.60. The second-order valence-corrected chi connectivity index (χ2v) is 7.23. The minimum atomic E-state index is 0. The summed E-state index contributed by atoms with van der Waals surface area (Å²) in [5, 5.41) is 5.66. The van der Waals surface area contributed by atoms with Crippen LogP contribution in [0.15, 0.2) is 22.5 Å². The van der Waals surface area contributed by atoms with Gasteiger partial charge in [-0.3, -0.25) is 4.99 Å². The maximum Gasteiger partial charge on any atom is 0.193 e. The minimum Gasteiger partial charge on any atom is -0.385 e. The second kappa shape index (κ2) is 12.9. The lowest BCUT2D eigenvalue weighted by molar-refractivity contribution is 0.00990. The number of nitrogens with one attached hydrogen (secondary N) is 1. The molecule has 5 nitrogen and oxygen atoms in total. The molecule has 144 valence electrons. The number of aliphatic imine (C=N–C) groups is 1. The van der Waals surface area contributed by atoms with E-state index in [2.05, 4.69) is 39.6 Å². The summed E-state index contributed by atoms with van der Waals surface area (Å²) < 4.78 is 11.0. The monoisotopic (exact) mass is 481 g/mol. The largest absolute Gasteiger partial charge is 0.385 e. The number of halogens is 1. The molecular formula is C18H32IN3O2S. The summed E-state index contributed by atoms with van der Waals surface area (Å²) in [6.07, 6.45) is 3.48. The summed E-state index contributed by atoms with van der Waals surface area (Å²) in [4.78, 5) is 8.22. The summed E-state index contributed by atoms with van der Waals surface area (Å²) in [6, 6.07) is 4.31. The third-order valence-corrected chi connectivity index (χ3v) is 5.50. The van der Waals surface area contributed by atoms with Crippen molar-refractivity contribution in [2.75, 3.05) is 47.0 Å². The Balaban J connectivity index is 0.00000312. The molecule has 1 N–H and O–H groups in total. The van der Waals surface area contributed by atoms with Crippen LogP contribution in [-0.2, 0) is 9.47 Å². The summed E-state index contributed by atoms with van der Waals surface area (Å²) >= 11 is 1.82. The maximum atomic E-state index is 5.93. The van der Waals surface area contributed by atoms with Gasteiger partial charge in [-0.25, -0.2) is 0 Å². The van der Waals surface area contributed by atoms with E-state index in [0.717, 1.165) is 58.1 Å². The summed E-state index contributed by atoms with van der Waals surface area (Å²) in [6.45, 7) is 6.75. The Labute approximate surface area is 173 Å². The zero-order valence-electron chi connectivity index (χ0n) is 15.6. The number of guanidine groups is 1. The van der Waals surface area contributed by atoms with Crippen molar-refractivity contribution in [1.82, 2.24) is 10.2 Å². The van der Waals surface area contributed by atoms with Crippen LogP contribution < -0.4 is 5.32 Å². The van der Waals surface area contributed by atoms with Crippen molar-refractivity contribution >= 4 is 41.3 Å². The number of ether oxygens (including phenoxy) is 2. The van der Waals surface area contributed by atoms with Gasteiger partial charge in [-0.05, 0) is 30.7 Å². The molecule has 7 heteroatoms. The fourth-order valence-corrected chi connectivity index (χ4v) is 3.72. The number of thiophene rings is 1. The molecule has 0 radical (unpaired) electrons. The quantitative estimate of drug-likeness (QED) is 0.267. The normalized spacial score (nSPS) is 17.2. The highest BCUT2D eigenvalue weighted by molar-refractivity contribution is 14.0. The maximum absolute atomic E-state index is 5.93. The highest BCUT2D eigenvalue weighted by atomic mass is 127. The van der Waals surface area contributed by atoms with Crippen molar-refractivity contribution in [2.45, 2.75) is 38.2 Å². The van der Waals surface area contributed by atoms with Crippen molar-refractivity contribution in [3.63, 3.8) is 0 Å². The Morgan fingerprint density at radius 1 is 1.40 bits per heavy atom. The molecule has 1 saturated heterocycles. The summed E-state index contributed by atoms with van der Waals surface area (Å²) in [5.74, 6) is 1.51. The molecule has 1 aliphatic rings. The fraction of sp³-hybridized carbons (Fsp3) is 0.722. The van der Waals surface area contributed by atoms with Crippen molar-refractivity contribution in [2.24, 2.45) is 4.99 Å². The molecule has 0 saturated carbocycles. The highest BCUT2D eigenvalue weighted by Crippen LogP contribution is 2.20. The molecule has 1 aliphatic heterocycles. The molecule has 2 rings (SSSR count). The minimum absolute atomic E-state index is 0. The van der Waals surface area contributed by atoms with Crippen LogP contribution in [0, 0.1) is 0 Å². The van der Waals surface area contributed by atoms with Crippen molar-refractivity contribution in [1.29, 1.82) is 0 Å². The molecule has 1 unspecified atom stereocenters. The third-order valence-electron chi connectivity index (χ3n) is 4.39. The van der Waals surface area contributed by atoms with Crippen LogP contribution in [0.1, 0.15) is 37.0 Å². The van der Waals surface area contributed by atoms with Crippen LogP contribution in [0.25, 0.3) is 0 Å². The number of piperidine rings is 1. The van der Waals surface area contributed by atoms with E-state index in [0.29, 0.717) is 12.0 Å². The van der Waals surface area contributed by atoms with E-state index in [1.165, 1.54) is 4.88 Å².